The number of aryl methyl sites for hydroxylation is 1. The van der Waals surface area contributed by atoms with Gasteiger partial charge in [0.1, 0.15) is 11.5 Å². The van der Waals surface area contributed by atoms with E-state index in [4.69, 9.17) is 4.52 Å². The molecule has 8 heteroatoms. The fraction of sp³-hybridized carbons (Fsp3) is 0.381. The molecular formula is C21H20F2N4O2. The Hall–Kier alpha value is -3.03. The van der Waals surface area contributed by atoms with Crippen LogP contribution in [0, 0.1) is 11.6 Å². The number of nitrogens with one attached hydrogen (secondary N) is 1. The van der Waals surface area contributed by atoms with Gasteiger partial charge in [0, 0.05) is 22.9 Å². The highest BCUT2D eigenvalue weighted by atomic mass is 19.1. The zero-order valence-corrected chi connectivity index (χ0v) is 15.8. The van der Waals surface area contributed by atoms with Crippen LogP contribution in [0.15, 0.2) is 28.9 Å². The van der Waals surface area contributed by atoms with Gasteiger partial charge in [-0.15, -0.1) is 0 Å². The van der Waals surface area contributed by atoms with Crippen LogP contribution in [0.2, 0.25) is 0 Å². The number of benzene rings is 1. The third kappa shape index (κ3) is 3.12. The molecular weight excluding hydrogens is 378 g/mol. The molecule has 0 aliphatic heterocycles. The van der Waals surface area contributed by atoms with E-state index < -0.39 is 11.6 Å². The highest BCUT2D eigenvalue weighted by Crippen LogP contribution is 2.32. The summed E-state index contributed by atoms with van der Waals surface area (Å²) in [5, 5.41) is 11.4. The quantitative estimate of drug-likeness (QED) is 0.728. The van der Waals surface area contributed by atoms with Crippen molar-refractivity contribution in [3.63, 3.8) is 0 Å². The number of hydrogen-bond acceptors (Lipinski definition) is 4. The molecule has 150 valence electrons. The van der Waals surface area contributed by atoms with E-state index in [-0.39, 0.29) is 17.6 Å². The van der Waals surface area contributed by atoms with Crippen molar-refractivity contribution < 1.29 is 18.1 Å². The van der Waals surface area contributed by atoms with E-state index >= 15 is 0 Å². The number of rotatable bonds is 3. The van der Waals surface area contributed by atoms with Crippen LogP contribution in [0.3, 0.4) is 0 Å². The molecule has 0 saturated carbocycles. The van der Waals surface area contributed by atoms with Crippen LogP contribution in [0.5, 0.6) is 0 Å². The molecule has 2 aromatic heterocycles. The summed E-state index contributed by atoms with van der Waals surface area (Å²) in [6.07, 6.45) is 7.67. The molecule has 2 aliphatic carbocycles. The molecule has 0 bridgehead atoms. The number of carbonyl (C=O) groups excluding carboxylic acids is 1. The van der Waals surface area contributed by atoms with Gasteiger partial charge in [0.05, 0.1) is 17.9 Å². The number of hydrogen-bond donors (Lipinski definition) is 1. The van der Waals surface area contributed by atoms with Crippen molar-refractivity contribution >= 4 is 5.91 Å². The summed E-state index contributed by atoms with van der Waals surface area (Å²) in [5.74, 6) is -1.29. The second-order valence-electron chi connectivity index (χ2n) is 7.62. The first-order chi connectivity index (χ1) is 14.1. The van der Waals surface area contributed by atoms with Crippen LogP contribution in [-0.2, 0) is 19.3 Å². The van der Waals surface area contributed by atoms with Crippen molar-refractivity contribution in [3.05, 3.63) is 64.3 Å². The van der Waals surface area contributed by atoms with Gasteiger partial charge in [-0.25, -0.2) is 13.5 Å². The molecule has 1 aromatic carbocycles. The maximum Gasteiger partial charge on any atom is 0.290 e. The molecule has 0 fully saturated rings. The van der Waals surface area contributed by atoms with Crippen LogP contribution in [0.25, 0.3) is 5.69 Å². The predicted molar refractivity (Wildman–Crippen MR) is 99.8 cm³/mol. The smallest absolute Gasteiger partial charge is 0.290 e. The fourth-order valence-electron chi connectivity index (χ4n) is 4.36. The molecule has 1 unspecified atom stereocenters. The number of nitrogens with zero attached hydrogens (tertiary/aromatic N) is 3. The summed E-state index contributed by atoms with van der Waals surface area (Å²) >= 11 is 0. The summed E-state index contributed by atoms with van der Waals surface area (Å²) in [7, 11) is 0. The van der Waals surface area contributed by atoms with Crippen molar-refractivity contribution in [1.82, 2.24) is 20.3 Å². The molecule has 6 nitrogen and oxygen atoms in total. The molecule has 29 heavy (non-hydrogen) atoms. The van der Waals surface area contributed by atoms with Crippen molar-refractivity contribution in [1.29, 1.82) is 0 Å². The highest BCUT2D eigenvalue weighted by molar-refractivity contribution is 5.93. The molecule has 2 heterocycles. The van der Waals surface area contributed by atoms with Gasteiger partial charge in [0.25, 0.3) is 5.91 Å². The average Bonchev–Trinajstić information content (AvgIpc) is 3.33. The highest BCUT2D eigenvalue weighted by Gasteiger charge is 2.30. The Labute approximate surface area is 165 Å². The van der Waals surface area contributed by atoms with Crippen LogP contribution >= 0.6 is 0 Å². The van der Waals surface area contributed by atoms with Crippen LogP contribution in [0.1, 0.15) is 64.8 Å². The Bertz CT molecular complexity index is 1090. The lowest BCUT2D eigenvalue weighted by Crippen LogP contribution is -2.31. The molecule has 1 amide bonds. The van der Waals surface area contributed by atoms with Gasteiger partial charge in [-0.3, -0.25) is 4.79 Å². The largest absolute Gasteiger partial charge is 0.350 e. The van der Waals surface area contributed by atoms with Gasteiger partial charge < -0.3 is 9.84 Å². The first-order valence-corrected chi connectivity index (χ1v) is 9.92. The van der Waals surface area contributed by atoms with Crippen LogP contribution in [-0.4, -0.2) is 20.8 Å². The SMILES string of the molecule is O=C(NC1CCCc2c1cnn2-c1ccc(F)cc1F)c1onc2c1CCCC2. The summed E-state index contributed by atoms with van der Waals surface area (Å²) in [6, 6.07) is 3.19. The molecule has 2 aliphatic rings. The molecule has 0 radical (unpaired) electrons. The number of fused-ring (bicyclic) bond motifs is 2. The molecule has 3 aromatic rings. The van der Waals surface area contributed by atoms with Gasteiger partial charge in [0.2, 0.25) is 5.76 Å². The Kier molecular flexibility index (Phi) is 4.41. The Morgan fingerprint density at radius 2 is 2.03 bits per heavy atom. The van der Waals surface area contributed by atoms with Gasteiger partial charge in [-0.1, -0.05) is 5.16 Å². The third-order valence-corrected chi connectivity index (χ3v) is 5.79. The van der Waals surface area contributed by atoms with Crippen molar-refractivity contribution in [2.45, 2.75) is 51.0 Å². The normalized spacial score (nSPS) is 18.2. The summed E-state index contributed by atoms with van der Waals surface area (Å²) < 4.78 is 34.3. The van der Waals surface area contributed by atoms with E-state index in [1.165, 1.54) is 16.8 Å². The van der Waals surface area contributed by atoms with E-state index in [1.807, 2.05) is 0 Å². The molecule has 0 spiro atoms. The lowest BCUT2D eigenvalue weighted by atomic mass is 9.92. The molecule has 1 N–H and O–H groups in total. The number of carbonyl (C=O) groups is 1. The predicted octanol–water partition coefficient (Wildman–Crippen LogP) is 3.82. The van der Waals surface area contributed by atoms with Gasteiger partial charge in [-0.05, 0) is 57.1 Å². The van der Waals surface area contributed by atoms with E-state index in [0.717, 1.165) is 67.1 Å². The maximum absolute atomic E-state index is 14.2. The average molecular weight is 398 g/mol. The van der Waals surface area contributed by atoms with Crippen molar-refractivity contribution in [2.24, 2.45) is 0 Å². The van der Waals surface area contributed by atoms with Gasteiger partial charge in [-0.2, -0.15) is 5.10 Å². The molecule has 0 saturated heterocycles. The lowest BCUT2D eigenvalue weighted by molar-refractivity contribution is 0.0894. The third-order valence-electron chi connectivity index (χ3n) is 5.79. The summed E-state index contributed by atoms with van der Waals surface area (Å²) in [4.78, 5) is 12.9. The van der Waals surface area contributed by atoms with E-state index in [9.17, 15) is 13.6 Å². The van der Waals surface area contributed by atoms with Crippen LogP contribution < -0.4 is 5.32 Å². The minimum absolute atomic E-state index is 0.198. The second kappa shape index (κ2) is 7.09. The Morgan fingerprint density at radius 3 is 2.90 bits per heavy atom. The maximum atomic E-state index is 14.2. The number of aromatic nitrogens is 3. The standard InChI is InChI=1S/C21H20F2N4O2/c22-12-8-9-19(15(23)10-12)27-18-7-3-6-16(14(18)11-24-27)25-21(28)20-13-4-1-2-5-17(13)26-29-20/h8-11,16H,1-7H2,(H,25,28). The molecule has 1 atom stereocenters. The monoisotopic (exact) mass is 398 g/mol. The minimum Gasteiger partial charge on any atom is -0.350 e. The Morgan fingerprint density at radius 1 is 1.17 bits per heavy atom. The van der Waals surface area contributed by atoms with Gasteiger partial charge in [0.15, 0.2) is 5.82 Å². The topological polar surface area (TPSA) is 73.0 Å². The lowest BCUT2D eigenvalue weighted by Gasteiger charge is -2.24. The zero-order valence-electron chi connectivity index (χ0n) is 15.8. The summed E-state index contributed by atoms with van der Waals surface area (Å²) in [5.41, 5.74) is 3.66. The minimum atomic E-state index is -0.671. The number of amides is 1. The number of halogens is 2. The van der Waals surface area contributed by atoms with E-state index in [1.54, 1.807) is 6.20 Å². The van der Waals surface area contributed by atoms with E-state index in [0.29, 0.717) is 12.2 Å². The summed E-state index contributed by atoms with van der Waals surface area (Å²) in [6.45, 7) is 0. The first-order valence-electron chi connectivity index (χ1n) is 9.92. The first kappa shape index (κ1) is 18.0. The fourth-order valence-corrected chi connectivity index (χ4v) is 4.36. The van der Waals surface area contributed by atoms with Crippen molar-refractivity contribution in [2.75, 3.05) is 0 Å². The zero-order chi connectivity index (χ0) is 20.0. The molecule has 5 rings (SSSR count). The van der Waals surface area contributed by atoms with Gasteiger partial charge >= 0.3 is 0 Å². The Balaban J connectivity index is 1.42. The second-order valence-corrected chi connectivity index (χ2v) is 7.62. The van der Waals surface area contributed by atoms with Crippen molar-refractivity contribution in [3.8, 4) is 5.69 Å². The van der Waals surface area contributed by atoms with E-state index in [2.05, 4.69) is 15.6 Å². The van der Waals surface area contributed by atoms with Crippen LogP contribution in [0.4, 0.5) is 8.78 Å².